The number of aliphatic hydroxyl groups is 1. The van der Waals surface area contributed by atoms with Gasteiger partial charge in [0.05, 0.1) is 16.9 Å². The van der Waals surface area contributed by atoms with Crippen molar-refractivity contribution in [3.8, 4) is 21.8 Å². The largest absolute Gasteiger partial charge is 0.379 e. The molecule has 0 unspecified atom stereocenters. The first-order valence-electron chi connectivity index (χ1n) is 9.36. The zero-order valence-electron chi connectivity index (χ0n) is 15.3. The van der Waals surface area contributed by atoms with Crippen LogP contribution >= 0.6 is 22.7 Å². The van der Waals surface area contributed by atoms with Gasteiger partial charge in [0.1, 0.15) is 16.3 Å². The number of nitrogens with one attached hydrogen (secondary N) is 1. The molecule has 6 rings (SSSR count). The molecule has 0 bridgehead atoms. The van der Waals surface area contributed by atoms with Gasteiger partial charge in [-0.25, -0.2) is 15.0 Å². The number of rotatable bonds is 3. The van der Waals surface area contributed by atoms with Gasteiger partial charge in [0.15, 0.2) is 0 Å². The van der Waals surface area contributed by atoms with Crippen molar-refractivity contribution < 1.29 is 5.11 Å². The van der Waals surface area contributed by atoms with Gasteiger partial charge in [0.25, 0.3) is 0 Å². The third-order valence-electron chi connectivity index (χ3n) is 5.56. The Kier molecular flexibility index (Phi) is 3.71. The normalized spacial score (nSPS) is 18.4. The molecule has 4 heterocycles. The summed E-state index contributed by atoms with van der Waals surface area (Å²) in [4.78, 5) is 18.1. The summed E-state index contributed by atoms with van der Waals surface area (Å²) in [6.45, 7) is 0. The number of hydrogen-bond acceptors (Lipinski definition) is 6. The van der Waals surface area contributed by atoms with E-state index in [2.05, 4.69) is 26.4 Å². The molecule has 4 aromatic heterocycles. The number of aryl methyl sites for hydroxylation is 1. The van der Waals surface area contributed by atoms with E-state index in [1.54, 1.807) is 28.9 Å². The van der Waals surface area contributed by atoms with Crippen molar-refractivity contribution in [2.24, 2.45) is 0 Å². The molecule has 2 N–H and O–H groups in total. The lowest BCUT2D eigenvalue weighted by molar-refractivity contribution is 0.0790. The Balaban J connectivity index is 1.40. The van der Waals surface area contributed by atoms with E-state index in [1.165, 1.54) is 4.88 Å². The van der Waals surface area contributed by atoms with E-state index in [0.717, 1.165) is 50.5 Å². The molecule has 0 saturated carbocycles. The highest BCUT2D eigenvalue weighted by Crippen LogP contribution is 2.43. The van der Waals surface area contributed by atoms with Crippen molar-refractivity contribution >= 4 is 33.7 Å². The van der Waals surface area contributed by atoms with E-state index in [-0.39, 0.29) is 0 Å². The predicted octanol–water partition coefficient (Wildman–Crippen LogP) is 4.99. The third-order valence-corrected chi connectivity index (χ3v) is 7.35. The fourth-order valence-corrected chi connectivity index (χ4v) is 5.74. The molecule has 0 aliphatic heterocycles. The fourth-order valence-electron chi connectivity index (χ4n) is 4.09. The zero-order valence-corrected chi connectivity index (χ0v) is 16.9. The van der Waals surface area contributed by atoms with Gasteiger partial charge in [-0.1, -0.05) is 18.2 Å². The second kappa shape index (κ2) is 6.32. The highest BCUT2D eigenvalue weighted by Gasteiger charge is 2.41. The maximum Gasteiger partial charge on any atom is 0.137 e. The maximum atomic E-state index is 11.4. The van der Waals surface area contributed by atoms with Crippen molar-refractivity contribution in [3.05, 3.63) is 75.8 Å². The molecule has 1 aromatic carbocycles. The van der Waals surface area contributed by atoms with E-state index < -0.39 is 5.60 Å². The summed E-state index contributed by atoms with van der Waals surface area (Å²) in [6, 6.07) is 12.1. The number of H-pyrrole nitrogens is 1. The number of benzene rings is 1. The summed E-state index contributed by atoms with van der Waals surface area (Å²) in [5.41, 5.74) is 6.36. The van der Waals surface area contributed by atoms with Crippen LogP contribution in [0, 0.1) is 0 Å². The number of nitrogens with zero attached hydrogens (tertiary/aromatic N) is 3. The number of hydrogen-bond donors (Lipinski definition) is 2. The fraction of sp³-hybridized carbons (Fsp3) is 0.136. The molecule has 5 aromatic rings. The molecule has 0 fully saturated rings. The Bertz CT molecular complexity index is 1350. The van der Waals surface area contributed by atoms with Gasteiger partial charge < -0.3 is 10.1 Å². The molecule has 5 nitrogen and oxygen atoms in total. The second-order valence-corrected chi connectivity index (χ2v) is 9.00. The Labute approximate surface area is 174 Å². The van der Waals surface area contributed by atoms with Crippen LogP contribution in [0.1, 0.15) is 22.6 Å². The molecular weight excluding hydrogens is 400 g/mol. The van der Waals surface area contributed by atoms with Gasteiger partial charge in [-0.2, -0.15) is 0 Å². The predicted molar refractivity (Wildman–Crippen MR) is 116 cm³/mol. The number of thiazole rings is 2. The summed E-state index contributed by atoms with van der Waals surface area (Å²) < 4.78 is 0. The molecule has 1 aliphatic rings. The first-order valence-corrected chi connectivity index (χ1v) is 11.1. The van der Waals surface area contributed by atoms with Crippen molar-refractivity contribution in [3.63, 3.8) is 0 Å². The van der Waals surface area contributed by atoms with Crippen LogP contribution in [0.2, 0.25) is 0 Å². The van der Waals surface area contributed by atoms with E-state index in [1.807, 2.05) is 42.0 Å². The Hall–Kier alpha value is -2.87. The van der Waals surface area contributed by atoms with Gasteiger partial charge >= 0.3 is 0 Å². The molecule has 7 heteroatoms. The highest BCUT2D eigenvalue weighted by atomic mass is 32.1. The molecule has 142 valence electrons. The van der Waals surface area contributed by atoms with Crippen LogP contribution < -0.4 is 0 Å². The first-order chi connectivity index (χ1) is 14.2. The quantitative estimate of drug-likeness (QED) is 0.434. The minimum absolute atomic E-state index is 0.677. The monoisotopic (exact) mass is 416 g/mol. The molecule has 0 saturated heterocycles. The van der Waals surface area contributed by atoms with E-state index in [0.29, 0.717) is 6.42 Å². The van der Waals surface area contributed by atoms with E-state index in [4.69, 9.17) is 4.98 Å². The lowest BCUT2D eigenvalue weighted by Crippen LogP contribution is -2.24. The second-order valence-electron chi connectivity index (χ2n) is 7.21. The van der Waals surface area contributed by atoms with Crippen LogP contribution in [0.4, 0.5) is 0 Å². The van der Waals surface area contributed by atoms with Crippen LogP contribution in [0.15, 0.2) is 59.7 Å². The van der Waals surface area contributed by atoms with E-state index >= 15 is 0 Å². The van der Waals surface area contributed by atoms with Gasteiger partial charge in [-0.3, -0.25) is 0 Å². The van der Waals surface area contributed by atoms with Gasteiger partial charge in [0, 0.05) is 39.2 Å². The SMILES string of the molecule is O[C@@]1(c2cccc(-c3nc(-c4c[nH]c5ncccc45)cs3)c2)CCc2scnc21. The number of aromatic nitrogens is 4. The van der Waals surface area contributed by atoms with Crippen molar-refractivity contribution in [2.75, 3.05) is 0 Å². The molecule has 0 amide bonds. The molecule has 0 spiro atoms. The summed E-state index contributed by atoms with van der Waals surface area (Å²) in [5, 5.41) is 15.4. The summed E-state index contributed by atoms with van der Waals surface area (Å²) >= 11 is 3.23. The standard InChI is InChI=1S/C22H16N4OS2/c27-22(7-6-18-19(22)25-12-29-18)14-4-1-3-13(9-14)21-26-17(11-28-21)16-10-24-20-15(16)5-2-8-23-20/h1-5,8-12,27H,6-7H2,(H,23,24)/t22-/m1/s1. The van der Waals surface area contributed by atoms with Crippen LogP contribution in [0.5, 0.6) is 0 Å². The van der Waals surface area contributed by atoms with Crippen LogP contribution in [-0.4, -0.2) is 25.0 Å². The van der Waals surface area contributed by atoms with Gasteiger partial charge in [-0.05, 0) is 36.6 Å². The summed E-state index contributed by atoms with van der Waals surface area (Å²) in [5.74, 6) is 0. The molecule has 0 radical (unpaired) electrons. The number of pyridine rings is 1. The Morgan fingerprint density at radius 3 is 3.03 bits per heavy atom. The highest BCUT2D eigenvalue weighted by molar-refractivity contribution is 7.13. The van der Waals surface area contributed by atoms with Crippen molar-refractivity contribution in [1.82, 2.24) is 19.9 Å². The molecule has 29 heavy (non-hydrogen) atoms. The van der Waals surface area contributed by atoms with Crippen molar-refractivity contribution in [2.45, 2.75) is 18.4 Å². The van der Waals surface area contributed by atoms with Crippen LogP contribution in [-0.2, 0) is 12.0 Å². The minimum atomic E-state index is -1.01. The average molecular weight is 417 g/mol. The Morgan fingerprint density at radius 1 is 1.10 bits per heavy atom. The summed E-state index contributed by atoms with van der Waals surface area (Å²) in [6.07, 6.45) is 5.29. The topological polar surface area (TPSA) is 74.7 Å². The smallest absolute Gasteiger partial charge is 0.137 e. The molecular formula is C22H16N4OS2. The maximum absolute atomic E-state index is 11.4. The first kappa shape index (κ1) is 17.0. The third kappa shape index (κ3) is 2.58. The van der Waals surface area contributed by atoms with Crippen LogP contribution in [0.25, 0.3) is 32.9 Å². The van der Waals surface area contributed by atoms with E-state index in [9.17, 15) is 5.11 Å². The molecule has 1 atom stereocenters. The van der Waals surface area contributed by atoms with Gasteiger partial charge in [-0.15, -0.1) is 22.7 Å². The number of aromatic amines is 1. The minimum Gasteiger partial charge on any atom is -0.379 e. The summed E-state index contributed by atoms with van der Waals surface area (Å²) in [7, 11) is 0. The lowest BCUT2D eigenvalue weighted by atomic mass is 9.90. The molecule has 1 aliphatic carbocycles. The van der Waals surface area contributed by atoms with Crippen molar-refractivity contribution in [1.29, 1.82) is 0 Å². The average Bonchev–Trinajstić information content (AvgIpc) is 3.53. The van der Waals surface area contributed by atoms with Crippen LogP contribution in [0.3, 0.4) is 0 Å². The van der Waals surface area contributed by atoms with Gasteiger partial charge in [0.2, 0.25) is 0 Å². The Morgan fingerprint density at radius 2 is 2.07 bits per heavy atom. The zero-order chi connectivity index (χ0) is 19.4. The lowest BCUT2D eigenvalue weighted by Gasteiger charge is -2.23. The number of fused-ring (bicyclic) bond motifs is 2.